The van der Waals surface area contributed by atoms with Crippen molar-refractivity contribution >= 4 is 23.7 Å². The number of nitrogens with zero attached hydrogens (tertiary/aromatic N) is 3. The van der Waals surface area contributed by atoms with E-state index >= 15 is 0 Å². The molecular weight excluding hydrogens is 278 g/mol. The fraction of sp³-hybridized carbons (Fsp3) is 0.692. The third kappa shape index (κ3) is 3.14. The highest BCUT2D eigenvalue weighted by Gasteiger charge is 2.35. The maximum Gasteiger partial charge on any atom is 0.312 e. The molecule has 2 aliphatic heterocycles. The van der Waals surface area contributed by atoms with Gasteiger partial charge in [0.15, 0.2) is 0 Å². The second kappa shape index (κ2) is 6.11. The molecule has 0 radical (unpaired) electrons. The van der Waals surface area contributed by atoms with Crippen molar-refractivity contribution in [2.75, 3.05) is 39.3 Å². The predicted molar refractivity (Wildman–Crippen MR) is 71.2 cm³/mol. The predicted octanol–water partition coefficient (Wildman–Crippen LogP) is -1.39. The molecule has 0 aromatic rings. The Balaban J connectivity index is 1.90. The first kappa shape index (κ1) is 15.3. The molecule has 8 nitrogen and oxygen atoms in total. The van der Waals surface area contributed by atoms with Crippen LogP contribution in [-0.4, -0.2) is 82.8 Å². The zero-order valence-corrected chi connectivity index (χ0v) is 11.9. The number of carboxylic acid groups (broad SMARTS) is 1. The van der Waals surface area contributed by atoms with Gasteiger partial charge in [-0.25, -0.2) is 0 Å². The van der Waals surface area contributed by atoms with E-state index in [1.165, 1.54) is 14.7 Å². The lowest BCUT2D eigenvalue weighted by Crippen LogP contribution is -2.56. The zero-order valence-electron chi connectivity index (χ0n) is 11.9. The Labute approximate surface area is 122 Å². The molecule has 0 spiro atoms. The van der Waals surface area contributed by atoms with Crippen LogP contribution < -0.4 is 0 Å². The first-order valence-corrected chi connectivity index (χ1v) is 7.02. The van der Waals surface area contributed by atoms with Gasteiger partial charge < -0.3 is 19.8 Å². The number of hydrogen-bond donors (Lipinski definition) is 1. The molecule has 8 heteroatoms. The van der Waals surface area contributed by atoms with Crippen LogP contribution in [0, 0.1) is 5.92 Å². The van der Waals surface area contributed by atoms with Gasteiger partial charge in [-0.2, -0.15) is 0 Å². The molecule has 116 valence electrons. The summed E-state index contributed by atoms with van der Waals surface area (Å²) in [6, 6.07) is 0. The van der Waals surface area contributed by atoms with E-state index in [4.69, 9.17) is 5.11 Å². The molecule has 0 saturated carbocycles. The Morgan fingerprint density at radius 3 is 2.33 bits per heavy atom. The van der Waals surface area contributed by atoms with Gasteiger partial charge in [-0.3, -0.25) is 19.2 Å². The molecule has 0 aliphatic carbocycles. The number of carbonyl (C=O) groups is 4. The van der Waals surface area contributed by atoms with Crippen LogP contribution >= 0.6 is 0 Å². The summed E-state index contributed by atoms with van der Waals surface area (Å²) in [4.78, 5) is 50.7. The number of carbonyl (C=O) groups excluding carboxylic acids is 3. The Hall–Kier alpha value is -2.12. The van der Waals surface area contributed by atoms with E-state index in [9.17, 15) is 19.2 Å². The van der Waals surface area contributed by atoms with E-state index < -0.39 is 23.7 Å². The van der Waals surface area contributed by atoms with Crippen LogP contribution in [0.25, 0.3) is 0 Å². The van der Waals surface area contributed by atoms with Crippen molar-refractivity contribution in [3.63, 3.8) is 0 Å². The van der Waals surface area contributed by atoms with Gasteiger partial charge in [-0.05, 0) is 13.3 Å². The van der Waals surface area contributed by atoms with Crippen LogP contribution in [0.5, 0.6) is 0 Å². The monoisotopic (exact) mass is 297 g/mol. The normalized spacial score (nSPS) is 22.9. The smallest absolute Gasteiger partial charge is 0.312 e. The molecule has 21 heavy (non-hydrogen) atoms. The van der Waals surface area contributed by atoms with Crippen molar-refractivity contribution in [1.82, 2.24) is 14.7 Å². The Bertz CT molecular complexity index is 478. The van der Waals surface area contributed by atoms with E-state index in [2.05, 4.69) is 0 Å². The summed E-state index contributed by atoms with van der Waals surface area (Å²) in [5.74, 6) is -2.99. The third-order valence-electron chi connectivity index (χ3n) is 4.00. The minimum absolute atomic E-state index is 0.158. The number of likely N-dealkylation sites (N-methyl/N-ethyl adjacent to an activating group) is 1. The third-order valence-corrected chi connectivity index (χ3v) is 4.00. The number of rotatable bonds is 4. The largest absolute Gasteiger partial charge is 0.481 e. The van der Waals surface area contributed by atoms with Crippen LogP contribution in [-0.2, 0) is 19.2 Å². The van der Waals surface area contributed by atoms with Crippen LogP contribution in [0.15, 0.2) is 0 Å². The van der Waals surface area contributed by atoms with E-state index in [1.54, 1.807) is 6.92 Å². The SMILES string of the molecule is CCN1CCN(CC(=O)N2CCC(C(=O)O)C2)C(=O)C1=O. The molecule has 2 aliphatic rings. The molecule has 0 aromatic carbocycles. The molecule has 1 atom stereocenters. The van der Waals surface area contributed by atoms with Crippen LogP contribution in [0.3, 0.4) is 0 Å². The summed E-state index contributed by atoms with van der Waals surface area (Å²) in [6.07, 6.45) is 0.428. The fourth-order valence-electron chi connectivity index (χ4n) is 2.62. The topological polar surface area (TPSA) is 98.2 Å². The standard InChI is InChI=1S/C13H19N3O5/c1-2-14-5-6-16(12(19)11(14)18)8-10(17)15-4-3-9(7-15)13(20)21/h9H,2-8H2,1H3,(H,20,21). The lowest BCUT2D eigenvalue weighted by Gasteiger charge is -2.33. The lowest BCUT2D eigenvalue weighted by molar-refractivity contribution is -0.157. The minimum Gasteiger partial charge on any atom is -0.481 e. The number of hydrogen-bond acceptors (Lipinski definition) is 4. The first-order valence-electron chi connectivity index (χ1n) is 7.02. The molecule has 0 bridgehead atoms. The molecule has 2 heterocycles. The highest BCUT2D eigenvalue weighted by atomic mass is 16.4. The van der Waals surface area contributed by atoms with Crippen molar-refractivity contribution in [1.29, 1.82) is 0 Å². The van der Waals surface area contributed by atoms with Crippen molar-refractivity contribution in [3.05, 3.63) is 0 Å². The average molecular weight is 297 g/mol. The number of piperazine rings is 1. The van der Waals surface area contributed by atoms with Crippen molar-refractivity contribution in [3.8, 4) is 0 Å². The summed E-state index contributed by atoms with van der Waals surface area (Å²) in [5, 5.41) is 8.91. The van der Waals surface area contributed by atoms with Crippen molar-refractivity contribution in [2.45, 2.75) is 13.3 Å². The van der Waals surface area contributed by atoms with Gasteiger partial charge in [-0.15, -0.1) is 0 Å². The lowest BCUT2D eigenvalue weighted by atomic mass is 10.1. The molecule has 0 aromatic heterocycles. The van der Waals surface area contributed by atoms with Crippen LogP contribution in [0.4, 0.5) is 0 Å². The van der Waals surface area contributed by atoms with Crippen molar-refractivity contribution < 1.29 is 24.3 Å². The summed E-state index contributed by atoms with van der Waals surface area (Å²) in [7, 11) is 0. The summed E-state index contributed by atoms with van der Waals surface area (Å²) < 4.78 is 0. The highest BCUT2D eigenvalue weighted by Crippen LogP contribution is 2.17. The van der Waals surface area contributed by atoms with Gasteiger partial charge in [0.25, 0.3) is 0 Å². The summed E-state index contributed by atoms with van der Waals surface area (Å²) in [5.41, 5.74) is 0. The average Bonchev–Trinajstić information content (AvgIpc) is 2.94. The summed E-state index contributed by atoms with van der Waals surface area (Å²) in [6.45, 7) is 3.42. The van der Waals surface area contributed by atoms with Crippen LogP contribution in [0.2, 0.25) is 0 Å². The molecular formula is C13H19N3O5. The Morgan fingerprint density at radius 2 is 1.76 bits per heavy atom. The Kier molecular flexibility index (Phi) is 4.44. The van der Waals surface area contributed by atoms with Gasteiger partial charge in [0.05, 0.1) is 5.92 Å². The van der Waals surface area contributed by atoms with Gasteiger partial charge >= 0.3 is 17.8 Å². The maximum absolute atomic E-state index is 12.1. The quantitative estimate of drug-likeness (QED) is 0.644. The molecule has 1 unspecified atom stereocenters. The van der Waals surface area contributed by atoms with Crippen LogP contribution in [0.1, 0.15) is 13.3 Å². The molecule has 2 fully saturated rings. The summed E-state index contributed by atoms with van der Waals surface area (Å²) >= 11 is 0. The van der Waals surface area contributed by atoms with E-state index in [0.717, 1.165) is 0 Å². The van der Waals surface area contributed by atoms with E-state index in [-0.39, 0.29) is 19.0 Å². The molecule has 1 N–H and O–H groups in total. The van der Waals surface area contributed by atoms with Gasteiger partial charge in [0, 0.05) is 32.7 Å². The number of likely N-dealkylation sites (tertiary alicyclic amines) is 1. The van der Waals surface area contributed by atoms with E-state index in [0.29, 0.717) is 32.6 Å². The fourth-order valence-corrected chi connectivity index (χ4v) is 2.62. The zero-order chi connectivity index (χ0) is 15.6. The van der Waals surface area contributed by atoms with Gasteiger partial charge in [0.1, 0.15) is 6.54 Å². The second-order valence-electron chi connectivity index (χ2n) is 5.28. The van der Waals surface area contributed by atoms with Crippen molar-refractivity contribution in [2.24, 2.45) is 5.92 Å². The number of amides is 3. The first-order chi connectivity index (χ1) is 9.93. The minimum atomic E-state index is -0.909. The highest BCUT2D eigenvalue weighted by molar-refractivity contribution is 6.35. The molecule has 2 rings (SSSR count). The molecule has 2 saturated heterocycles. The van der Waals surface area contributed by atoms with E-state index in [1.807, 2.05) is 0 Å². The maximum atomic E-state index is 12.1. The number of carboxylic acids is 1. The number of aliphatic carboxylic acids is 1. The van der Waals surface area contributed by atoms with Gasteiger partial charge in [-0.1, -0.05) is 0 Å². The molecule has 3 amide bonds. The van der Waals surface area contributed by atoms with Gasteiger partial charge in [0.2, 0.25) is 5.91 Å². The second-order valence-corrected chi connectivity index (χ2v) is 5.28. The Morgan fingerprint density at radius 1 is 1.14 bits per heavy atom.